The molecule has 6 rings (SSSR count). The number of anilines is 1. The zero-order valence-corrected chi connectivity index (χ0v) is 34.8. The van der Waals surface area contributed by atoms with Crippen molar-refractivity contribution in [2.45, 2.75) is 70.6 Å². The number of nitrogens with one attached hydrogen (secondary N) is 1. The lowest BCUT2D eigenvalue weighted by atomic mass is 9.98. The molecule has 2 aromatic carbocycles. The summed E-state index contributed by atoms with van der Waals surface area (Å²) in [4.78, 5) is 65.7. The topological polar surface area (TPSA) is 148 Å². The molecular weight excluding hydrogens is 743 g/mol. The number of likely N-dealkylation sites (tertiary alicyclic amines) is 2. The summed E-state index contributed by atoms with van der Waals surface area (Å²) in [6.07, 6.45) is 2.28. The number of piperazine rings is 1. The van der Waals surface area contributed by atoms with Crippen LogP contribution in [0.1, 0.15) is 47.9 Å². The molecule has 4 amide bonds. The maximum atomic E-state index is 14.2. The molecule has 4 heterocycles. The fourth-order valence-electron chi connectivity index (χ4n) is 8.70. The summed E-state index contributed by atoms with van der Waals surface area (Å²) in [6.45, 7) is 12.2. The number of amides is 4. The van der Waals surface area contributed by atoms with Gasteiger partial charge in [0.2, 0.25) is 0 Å². The van der Waals surface area contributed by atoms with Crippen LogP contribution in [-0.2, 0) is 36.6 Å². The molecule has 318 valence electrons. The van der Waals surface area contributed by atoms with E-state index in [1.54, 1.807) is 12.0 Å². The van der Waals surface area contributed by atoms with E-state index in [-0.39, 0.29) is 42.7 Å². The first-order valence-corrected chi connectivity index (χ1v) is 21.0. The molecule has 0 spiro atoms. The quantitative estimate of drug-likeness (QED) is 0.271. The number of carbonyl (C=O) groups excluding carboxylic acids is 4. The number of nitrogens with zero attached hydrogens (tertiary/aromatic N) is 6. The zero-order valence-electron chi connectivity index (χ0n) is 34.8. The Labute approximate surface area is 343 Å². The average Bonchev–Trinajstić information content (AvgIpc) is 3.39. The fourth-order valence-corrected chi connectivity index (χ4v) is 8.70. The maximum absolute atomic E-state index is 14.2. The number of piperidine rings is 2. The van der Waals surface area contributed by atoms with Crippen LogP contribution in [0.3, 0.4) is 0 Å². The molecule has 0 saturated carbocycles. The number of methoxy groups -OCH3 is 1. The number of ether oxygens (including phenoxy) is 3. The Hall–Kier alpha value is -4.44. The fraction of sp³-hybridized carbons (Fsp3) is 0.628. The van der Waals surface area contributed by atoms with Crippen molar-refractivity contribution in [2.75, 3.05) is 111 Å². The van der Waals surface area contributed by atoms with Crippen LogP contribution in [0.5, 0.6) is 5.75 Å². The highest BCUT2D eigenvalue weighted by atomic mass is 16.6. The number of urea groups is 1. The minimum Gasteiger partial charge on any atom is -0.507 e. The summed E-state index contributed by atoms with van der Waals surface area (Å²) in [5.41, 5.74) is 4.18. The Morgan fingerprint density at radius 2 is 1.50 bits per heavy atom. The van der Waals surface area contributed by atoms with Crippen LogP contribution in [0.4, 0.5) is 15.3 Å². The molecule has 0 radical (unpaired) electrons. The highest BCUT2D eigenvalue weighted by Crippen LogP contribution is 2.28. The van der Waals surface area contributed by atoms with E-state index in [2.05, 4.69) is 20.0 Å². The highest BCUT2D eigenvalue weighted by Gasteiger charge is 2.37. The maximum Gasteiger partial charge on any atom is 0.410 e. The first-order valence-electron chi connectivity index (χ1n) is 21.0. The number of para-hydroxylation sites is 1. The van der Waals surface area contributed by atoms with E-state index >= 15 is 0 Å². The van der Waals surface area contributed by atoms with Gasteiger partial charge < -0.3 is 44.2 Å². The first kappa shape index (κ1) is 43.1. The summed E-state index contributed by atoms with van der Waals surface area (Å²) in [5, 5.41) is 13.5. The lowest BCUT2D eigenvalue weighted by molar-refractivity contribution is -0.145. The number of phenolic OH excluding ortho intramolecular Hbond substituents is 1. The van der Waals surface area contributed by atoms with Crippen LogP contribution in [0.15, 0.2) is 36.4 Å². The van der Waals surface area contributed by atoms with Crippen LogP contribution in [-0.4, -0.2) is 183 Å². The molecule has 15 nitrogen and oxygen atoms in total. The van der Waals surface area contributed by atoms with Gasteiger partial charge in [-0.05, 0) is 81.3 Å². The number of carbonyl (C=O) groups is 4. The Morgan fingerprint density at radius 3 is 2.19 bits per heavy atom. The number of phenols is 1. The van der Waals surface area contributed by atoms with Gasteiger partial charge in [0, 0.05) is 103 Å². The molecule has 0 bridgehead atoms. The highest BCUT2D eigenvalue weighted by molar-refractivity contribution is 5.91. The van der Waals surface area contributed by atoms with Crippen LogP contribution in [0.2, 0.25) is 0 Å². The predicted octanol–water partition coefficient (Wildman–Crippen LogP) is 3.34. The summed E-state index contributed by atoms with van der Waals surface area (Å²) in [5.74, 6) is -0.195. The molecule has 2 aromatic rings. The van der Waals surface area contributed by atoms with E-state index in [0.29, 0.717) is 82.5 Å². The van der Waals surface area contributed by atoms with Crippen molar-refractivity contribution in [2.24, 2.45) is 0 Å². The summed E-state index contributed by atoms with van der Waals surface area (Å²) < 4.78 is 16.7. The molecule has 4 aliphatic rings. The van der Waals surface area contributed by atoms with Crippen LogP contribution >= 0.6 is 0 Å². The smallest absolute Gasteiger partial charge is 0.410 e. The molecule has 3 fully saturated rings. The van der Waals surface area contributed by atoms with E-state index in [0.717, 1.165) is 68.8 Å². The third-order valence-electron chi connectivity index (χ3n) is 12.3. The third kappa shape index (κ3) is 11.4. The van der Waals surface area contributed by atoms with Gasteiger partial charge in [0.1, 0.15) is 12.4 Å². The van der Waals surface area contributed by atoms with Crippen LogP contribution < -0.4 is 5.32 Å². The minimum atomic E-state index is -1.02. The van der Waals surface area contributed by atoms with Crippen molar-refractivity contribution in [3.05, 3.63) is 58.7 Å². The van der Waals surface area contributed by atoms with Gasteiger partial charge in [-0.1, -0.05) is 30.3 Å². The molecule has 0 unspecified atom stereocenters. The van der Waals surface area contributed by atoms with E-state index in [1.165, 1.54) is 0 Å². The van der Waals surface area contributed by atoms with Gasteiger partial charge in [0.05, 0.1) is 13.2 Å². The van der Waals surface area contributed by atoms with Crippen molar-refractivity contribution in [1.29, 1.82) is 0 Å². The van der Waals surface area contributed by atoms with Crippen LogP contribution in [0.25, 0.3) is 0 Å². The molecule has 4 aliphatic heterocycles. The number of aromatic hydroxyl groups is 1. The first-order chi connectivity index (χ1) is 28.0. The van der Waals surface area contributed by atoms with E-state index in [1.807, 2.05) is 67.1 Å². The molecule has 15 heteroatoms. The third-order valence-corrected chi connectivity index (χ3v) is 12.3. The second kappa shape index (κ2) is 20.5. The molecule has 3 saturated heterocycles. The van der Waals surface area contributed by atoms with Crippen LogP contribution in [0, 0.1) is 13.8 Å². The summed E-state index contributed by atoms with van der Waals surface area (Å²) in [6, 6.07) is 11.8. The SMILES string of the molecule is COCCN(C)CCOC(=O)CN1CCN(C2CCN(C(=O)[C@@H](Cc3cc(C)c(O)c(C)c3)OC(=O)N3CCC(N4CCc5ccccc5NC4=O)CC3)CC2)CC1. The number of hydrogen-bond donors (Lipinski definition) is 2. The van der Waals surface area contributed by atoms with E-state index in [9.17, 15) is 24.3 Å². The molecule has 0 aliphatic carbocycles. The van der Waals surface area contributed by atoms with Crippen molar-refractivity contribution in [1.82, 2.24) is 29.4 Å². The molecule has 58 heavy (non-hydrogen) atoms. The van der Waals surface area contributed by atoms with Crippen molar-refractivity contribution >= 4 is 29.7 Å². The lowest BCUT2D eigenvalue weighted by Crippen LogP contribution is -2.55. The molecule has 2 N–H and O–H groups in total. The molecule has 1 atom stereocenters. The number of rotatable bonds is 14. The number of likely N-dealkylation sites (N-methyl/N-ethyl adjacent to an activating group) is 1. The Bertz CT molecular complexity index is 1700. The van der Waals surface area contributed by atoms with Gasteiger partial charge in [0.15, 0.2) is 6.10 Å². The lowest BCUT2D eigenvalue weighted by Gasteiger charge is -2.43. The zero-order chi connectivity index (χ0) is 41.2. The number of benzene rings is 2. The molecular formula is C43H63N7O8. The number of fused-ring (bicyclic) bond motifs is 1. The average molecular weight is 806 g/mol. The monoisotopic (exact) mass is 805 g/mol. The van der Waals surface area contributed by atoms with Gasteiger partial charge in [-0.15, -0.1) is 0 Å². The normalized spacial score (nSPS) is 19.4. The largest absolute Gasteiger partial charge is 0.507 e. The minimum absolute atomic E-state index is 0.00603. The van der Waals surface area contributed by atoms with E-state index in [4.69, 9.17) is 14.2 Å². The van der Waals surface area contributed by atoms with Gasteiger partial charge in [-0.2, -0.15) is 0 Å². The van der Waals surface area contributed by atoms with Gasteiger partial charge in [0.25, 0.3) is 5.91 Å². The Morgan fingerprint density at radius 1 is 0.862 bits per heavy atom. The van der Waals surface area contributed by atoms with Crippen molar-refractivity contribution in [3.63, 3.8) is 0 Å². The summed E-state index contributed by atoms with van der Waals surface area (Å²) in [7, 11) is 3.65. The number of aryl methyl sites for hydroxylation is 2. The van der Waals surface area contributed by atoms with Crippen molar-refractivity contribution < 1.29 is 38.5 Å². The Kier molecular flexibility index (Phi) is 15.2. The van der Waals surface area contributed by atoms with Gasteiger partial charge in [-0.3, -0.25) is 19.4 Å². The van der Waals surface area contributed by atoms with E-state index < -0.39 is 12.2 Å². The Balaban J connectivity index is 0.989. The van der Waals surface area contributed by atoms with Crippen molar-refractivity contribution in [3.8, 4) is 5.75 Å². The van der Waals surface area contributed by atoms with Gasteiger partial charge >= 0.3 is 18.1 Å². The number of hydrogen-bond acceptors (Lipinski definition) is 11. The predicted molar refractivity (Wildman–Crippen MR) is 220 cm³/mol. The standard InChI is InChI=1S/C43H63N7O8/c1-31-27-33(28-32(2)40(31)52)29-38(58-43(55)49-16-12-36(13-17-49)50-18-9-34-7-5-6-8-37(34)44-42(50)54)41(53)48-14-10-35(11-15-48)47-21-19-46(20-22-47)30-39(51)57-26-24-45(3)23-25-56-4/h5-8,27-28,35-36,38,52H,9-26,29-30H2,1-4H3,(H,44,54)/t38-/m1/s1. The summed E-state index contributed by atoms with van der Waals surface area (Å²) >= 11 is 0. The second-order valence-electron chi connectivity index (χ2n) is 16.3. The van der Waals surface area contributed by atoms with Gasteiger partial charge in [-0.25, -0.2) is 9.59 Å². The second-order valence-corrected chi connectivity index (χ2v) is 16.3. The molecule has 0 aromatic heterocycles. The number of esters is 1.